The van der Waals surface area contributed by atoms with Gasteiger partial charge in [-0.25, -0.2) is 28.3 Å². The molecule has 82 heavy (non-hydrogen) atoms. The molecule has 5 heterocycles. The van der Waals surface area contributed by atoms with Crippen molar-refractivity contribution in [3.8, 4) is 28.3 Å². The number of carbonyl (C=O) groups is 6. The van der Waals surface area contributed by atoms with Crippen LogP contribution >= 0.6 is 0 Å². The number of amides is 6. The number of halogens is 2. The number of methoxy groups -OCH3 is 1. The molecule has 0 unspecified atom stereocenters. The van der Waals surface area contributed by atoms with E-state index in [0.717, 1.165) is 80.0 Å². The topological polar surface area (TPSA) is 235 Å². The number of hydrogen-bond donors (Lipinski definition) is 4. The Bertz CT molecular complexity index is 3410. The van der Waals surface area contributed by atoms with E-state index >= 15 is 8.78 Å². The molecule has 6 aromatic rings. The monoisotopic (exact) mass is 1120 g/mol. The summed E-state index contributed by atoms with van der Waals surface area (Å²) in [5, 5.41) is 5.64. The summed E-state index contributed by atoms with van der Waals surface area (Å²) in [5.41, 5.74) is 9.36. The second-order valence-corrected chi connectivity index (χ2v) is 22.8. The molecule has 0 radical (unpaired) electrons. The van der Waals surface area contributed by atoms with Gasteiger partial charge in [-0.05, 0) is 163 Å². The van der Waals surface area contributed by atoms with Gasteiger partial charge in [0.05, 0.1) is 24.1 Å². The number of H-pyrrole nitrogens is 1. The van der Waals surface area contributed by atoms with Crippen LogP contribution in [0.4, 0.5) is 29.7 Å². The van der Waals surface area contributed by atoms with Crippen molar-refractivity contribution in [1.82, 2.24) is 35.0 Å². The van der Waals surface area contributed by atoms with Gasteiger partial charge in [0, 0.05) is 73.6 Å². The van der Waals surface area contributed by atoms with E-state index in [0.29, 0.717) is 57.9 Å². The first-order valence-electron chi connectivity index (χ1n) is 27.6. The summed E-state index contributed by atoms with van der Waals surface area (Å²) in [5.74, 6) is -3.15. The SMILES string of the molecule is COc1ccc(C(=O)N2CCC3(CCN(CCc4ccc(-c5cc6c(-c7cc(F)cc(NC(=O)c8ccc(C(C)(C)OC(=O)CN(CCN)C(=O)OC(C)(C)C)cc8F)c7C)ncnc6[nH]5)cc4)CC3)CC2)cc1N1CCC(=O)NC1=O. The molecule has 2 aromatic heterocycles. The molecule has 0 saturated carbocycles. The van der Waals surface area contributed by atoms with Gasteiger partial charge in [-0.1, -0.05) is 30.3 Å². The molecular weight excluding hydrogens is 1050 g/mol. The largest absolute Gasteiger partial charge is 0.495 e. The first-order valence-corrected chi connectivity index (χ1v) is 27.6. The highest BCUT2D eigenvalue weighted by atomic mass is 19.1. The Labute approximate surface area is 474 Å². The molecule has 3 fully saturated rings. The number of aromatic nitrogens is 3. The Balaban J connectivity index is 0.784. The summed E-state index contributed by atoms with van der Waals surface area (Å²) in [6, 6.07) is 21.1. The van der Waals surface area contributed by atoms with Gasteiger partial charge in [-0.3, -0.25) is 34.3 Å². The minimum absolute atomic E-state index is 0.0388. The fourth-order valence-electron chi connectivity index (χ4n) is 11.0. The number of nitrogens with two attached hydrogens (primary N) is 1. The highest BCUT2D eigenvalue weighted by molar-refractivity contribution is 6.08. The number of piperidine rings is 2. The predicted molar refractivity (Wildman–Crippen MR) is 305 cm³/mol. The molecule has 3 aliphatic heterocycles. The number of rotatable bonds is 16. The Hall–Kier alpha value is -8.30. The number of fused-ring (bicyclic) bond motifs is 1. The second kappa shape index (κ2) is 24.0. The van der Waals surface area contributed by atoms with Crippen LogP contribution in [0.1, 0.15) is 104 Å². The van der Waals surface area contributed by atoms with Crippen LogP contribution in [0, 0.1) is 24.0 Å². The number of aromatic amines is 1. The summed E-state index contributed by atoms with van der Waals surface area (Å²) >= 11 is 0. The number of hydrogen-bond acceptors (Lipinski definition) is 13. The number of anilines is 2. The number of ether oxygens (including phenoxy) is 3. The average molecular weight is 1130 g/mol. The van der Waals surface area contributed by atoms with Gasteiger partial charge < -0.3 is 40.0 Å². The maximum Gasteiger partial charge on any atom is 0.410 e. The number of urea groups is 1. The lowest BCUT2D eigenvalue weighted by Crippen LogP contribution is -2.50. The van der Waals surface area contributed by atoms with Crippen LogP contribution in [0.3, 0.4) is 0 Å². The molecule has 0 atom stereocenters. The van der Waals surface area contributed by atoms with Gasteiger partial charge in [0.1, 0.15) is 47.1 Å². The Morgan fingerprint density at radius 1 is 0.854 bits per heavy atom. The molecule has 5 N–H and O–H groups in total. The van der Waals surface area contributed by atoms with Gasteiger partial charge in [0.2, 0.25) is 5.91 Å². The number of nitrogens with zero attached hydrogens (tertiary/aromatic N) is 6. The first kappa shape index (κ1) is 58.4. The predicted octanol–water partition coefficient (Wildman–Crippen LogP) is 9.12. The van der Waals surface area contributed by atoms with Gasteiger partial charge in [0.25, 0.3) is 11.8 Å². The van der Waals surface area contributed by atoms with E-state index in [1.54, 1.807) is 59.7 Å². The van der Waals surface area contributed by atoms with Crippen LogP contribution in [0.2, 0.25) is 0 Å². The highest BCUT2D eigenvalue weighted by Gasteiger charge is 2.39. The van der Waals surface area contributed by atoms with Crippen LogP contribution in [-0.4, -0.2) is 137 Å². The Morgan fingerprint density at radius 3 is 2.24 bits per heavy atom. The van der Waals surface area contributed by atoms with Crippen LogP contribution in [0.25, 0.3) is 33.5 Å². The van der Waals surface area contributed by atoms with E-state index in [4.69, 9.17) is 19.9 Å². The van der Waals surface area contributed by atoms with Crippen LogP contribution in [0.15, 0.2) is 85.2 Å². The van der Waals surface area contributed by atoms with Crippen molar-refractivity contribution in [3.63, 3.8) is 0 Å². The highest BCUT2D eigenvalue weighted by Crippen LogP contribution is 2.42. The van der Waals surface area contributed by atoms with Crippen molar-refractivity contribution in [2.45, 2.75) is 91.3 Å². The van der Waals surface area contributed by atoms with Crippen molar-refractivity contribution >= 4 is 58.2 Å². The minimum atomic E-state index is -1.38. The van der Waals surface area contributed by atoms with E-state index in [1.807, 2.05) is 11.0 Å². The third kappa shape index (κ3) is 13.2. The third-order valence-corrected chi connectivity index (χ3v) is 15.7. The van der Waals surface area contributed by atoms with Crippen LogP contribution < -0.4 is 26.0 Å². The molecule has 19 nitrogen and oxygen atoms in total. The molecule has 6 amide bonds. The zero-order valence-corrected chi connectivity index (χ0v) is 47.4. The quantitative estimate of drug-likeness (QED) is 0.0663. The molecule has 3 aliphatic rings. The van der Waals surface area contributed by atoms with E-state index in [-0.39, 0.29) is 60.1 Å². The normalized spacial score (nSPS) is 15.8. The lowest BCUT2D eigenvalue weighted by atomic mass is 9.71. The van der Waals surface area contributed by atoms with Gasteiger partial charge in [-0.15, -0.1) is 0 Å². The van der Waals surface area contributed by atoms with Crippen molar-refractivity contribution in [2.75, 3.05) is 76.2 Å². The van der Waals surface area contributed by atoms with Gasteiger partial charge in [0.15, 0.2) is 0 Å². The number of nitrogens with one attached hydrogen (secondary N) is 3. The first-order chi connectivity index (χ1) is 39.0. The summed E-state index contributed by atoms with van der Waals surface area (Å²) in [6.45, 7) is 14.0. The number of esters is 1. The summed E-state index contributed by atoms with van der Waals surface area (Å²) in [7, 11) is 1.51. The molecule has 3 saturated heterocycles. The minimum Gasteiger partial charge on any atom is -0.495 e. The number of benzene rings is 4. The molecule has 21 heteroatoms. The number of imide groups is 1. The summed E-state index contributed by atoms with van der Waals surface area (Å²) < 4.78 is 47.9. The van der Waals surface area contributed by atoms with Crippen molar-refractivity contribution < 1.29 is 51.8 Å². The summed E-state index contributed by atoms with van der Waals surface area (Å²) in [4.78, 5) is 96.9. The van der Waals surface area contributed by atoms with Crippen LogP contribution in [-0.2, 0) is 31.1 Å². The van der Waals surface area contributed by atoms with Crippen LogP contribution in [0.5, 0.6) is 5.75 Å². The second-order valence-electron chi connectivity index (χ2n) is 22.8. The van der Waals surface area contributed by atoms with Gasteiger partial charge in [-0.2, -0.15) is 0 Å². The summed E-state index contributed by atoms with van der Waals surface area (Å²) in [6.07, 6.45) is 5.67. The maximum absolute atomic E-state index is 15.8. The van der Waals surface area contributed by atoms with E-state index in [2.05, 4.69) is 54.8 Å². The van der Waals surface area contributed by atoms with E-state index in [9.17, 15) is 28.8 Å². The van der Waals surface area contributed by atoms with Crippen molar-refractivity contribution in [2.24, 2.45) is 11.1 Å². The fourth-order valence-corrected chi connectivity index (χ4v) is 11.0. The molecule has 0 bridgehead atoms. The number of likely N-dealkylation sites (tertiary alicyclic amines) is 2. The molecule has 1 spiro atoms. The average Bonchev–Trinajstić information content (AvgIpc) is 3.87. The molecule has 4 aromatic carbocycles. The standard InChI is InChI=1S/C61H70F2N10O9/c1-37-44(32-42(62)33-47(37)68-55(76)43-14-13-41(31-46(43)63)60(5,6)81-52(75)35-72(29-22-64)58(79)82-59(2,3)4)53-45-34-48(67-54(45)66-36-65-53)39-10-8-38(9-11-39)16-23-70-25-18-61(19-26-70)20-27-71(28-21-61)56(77)40-12-15-50(80-7)49(30-40)73-24-17-51(74)69-57(73)78/h8-15,30-34,36H,16-29,35,64H2,1-7H3,(H,68,76)(H,65,66,67)(H,69,74,78). The smallest absolute Gasteiger partial charge is 0.410 e. The molecule has 0 aliphatic carbocycles. The van der Waals surface area contributed by atoms with Gasteiger partial charge >= 0.3 is 18.1 Å². The zero-order valence-electron chi connectivity index (χ0n) is 47.4. The lowest BCUT2D eigenvalue weighted by molar-refractivity contribution is -0.158. The molecule has 9 rings (SSSR count). The third-order valence-electron chi connectivity index (χ3n) is 15.7. The fraction of sp³-hybridized carbons (Fsp3) is 0.410. The molecule has 432 valence electrons. The molecular formula is C61H70F2N10O9. The Kier molecular flexibility index (Phi) is 17.1. The number of carbonyl (C=O) groups excluding carboxylic acids is 6. The van der Waals surface area contributed by atoms with E-state index in [1.165, 1.54) is 42.1 Å². The Morgan fingerprint density at radius 2 is 1.57 bits per heavy atom. The lowest BCUT2D eigenvalue weighted by Gasteiger charge is -2.47. The zero-order chi connectivity index (χ0) is 58.7. The van der Waals surface area contributed by atoms with Crippen molar-refractivity contribution in [1.29, 1.82) is 0 Å². The van der Waals surface area contributed by atoms with Crippen molar-refractivity contribution in [3.05, 3.63) is 125 Å². The van der Waals surface area contributed by atoms with E-state index < -0.39 is 53.4 Å². The maximum atomic E-state index is 15.8.